The van der Waals surface area contributed by atoms with E-state index in [1.165, 1.54) is 44.9 Å². The Labute approximate surface area is 117 Å². The molecule has 1 atom stereocenters. The molecule has 0 spiro atoms. The van der Waals surface area contributed by atoms with E-state index < -0.39 is 0 Å². The van der Waals surface area contributed by atoms with Crippen molar-refractivity contribution < 1.29 is 4.79 Å². The fourth-order valence-corrected chi connectivity index (χ4v) is 3.93. The molecule has 3 nitrogen and oxygen atoms in total. The SMILES string of the molecule is CNC1(CC(=O)N[C@@H](C)C2CCCC2)CCCCC1. The number of amides is 1. The van der Waals surface area contributed by atoms with Crippen LogP contribution >= 0.6 is 0 Å². The summed E-state index contributed by atoms with van der Waals surface area (Å²) < 4.78 is 0. The van der Waals surface area contributed by atoms with Crippen LogP contribution in [0.3, 0.4) is 0 Å². The highest BCUT2D eigenvalue weighted by molar-refractivity contribution is 5.77. The van der Waals surface area contributed by atoms with Gasteiger partial charge in [-0.1, -0.05) is 32.1 Å². The van der Waals surface area contributed by atoms with Gasteiger partial charge in [0, 0.05) is 18.0 Å². The molecule has 0 aromatic carbocycles. The second-order valence-corrected chi connectivity index (χ2v) is 6.67. The molecular formula is C16H30N2O. The van der Waals surface area contributed by atoms with Crippen LogP contribution in [0.1, 0.15) is 71.1 Å². The number of carbonyl (C=O) groups excluding carboxylic acids is 1. The quantitative estimate of drug-likeness (QED) is 0.803. The summed E-state index contributed by atoms with van der Waals surface area (Å²) in [6.07, 6.45) is 12.0. The summed E-state index contributed by atoms with van der Waals surface area (Å²) in [4.78, 5) is 12.3. The minimum Gasteiger partial charge on any atom is -0.353 e. The molecule has 0 unspecified atom stereocenters. The van der Waals surface area contributed by atoms with Gasteiger partial charge in [0.05, 0.1) is 0 Å². The second kappa shape index (κ2) is 6.74. The van der Waals surface area contributed by atoms with Gasteiger partial charge >= 0.3 is 0 Å². The molecule has 0 saturated heterocycles. The Morgan fingerprint density at radius 1 is 1.16 bits per heavy atom. The fourth-order valence-electron chi connectivity index (χ4n) is 3.93. The van der Waals surface area contributed by atoms with Crippen molar-refractivity contribution >= 4 is 5.91 Å². The molecule has 19 heavy (non-hydrogen) atoms. The lowest BCUT2D eigenvalue weighted by Gasteiger charge is -2.37. The van der Waals surface area contributed by atoms with Crippen molar-refractivity contribution in [2.75, 3.05) is 7.05 Å². The van der Waals surface area contributed by atoms with E-state index in [2.05, 4.69) is 17.6 Å². The van der Waals surface area contributed by atoms with Gasteiger partial charge in [-0.2, -0.15) is 0 Å². The third-order valence-corrected chi connectivity index (χ3v) is 5.34. The third-order valence-electron chi connectivity index (χ3n) is 5.34. The molecule has 0 heterocycles. The lowest BCUT2D eigenvalue weighted by atomic mass is 9.79. The molecule has 0 radical (unpaired) electrons. The average Bonchev–Trinajstić information content (AvgIpc) is 2.93. The number of rotatable bonds is 5. The molecule has 2 aliphatic carbocycles. The first-order valence-electron chi connectivity index (χ1n) is 8.13. The van der Waals surface area contributed by atoms with Gasteiger partial charge in [0.25, 0.3) is 0 Å². The topological polar surface area (TPSA) is 41.1 Å². The molecule has 0 aromatic rings. The Bertz CT molecular complexity index is 291. The van der Waals surface area contributed by atoms with E-state index in [1.54, 1.807) is 0 Å². The second-order valence-electron chi connectivity index (χ2n) is 6.67. The van der Waals surface area contributed by atoms with Crippen molar-refractivity contribution in [3.05, 3.63) is 0 Å². The van der Waals surface area contributed by atoms with E-state index in [9.17, 15) is 4.79 Å². The Morgan fingerprint density at radius 2 is 1.79 bits per heavy atom. The zero-order chi connectivity index (χ0) is 13.7. The summed E-state index contributed by atoms with van der Waals surface area (Å²) in [5.74, 6) is 0.955. The highest BCUT2D eigenvalue weighted by atomic mass is 16.1. The zero-order valence-electron chi connectivity index (χ0n) is 12.6. The highest BCUT2D eigenvalue weighted by Crippen LogP contribution is 2.31. The van der Waals surface area contributed by atoms with Crippen LogP contribution in [0, 0.1) is 5.92 Å². The van der Waals surface area contributed by atoms with Crippen molar-refractivity contribution in [1.82, 2.24) is 10.6 Å². The van der Waals surface area contributed by atoms with Crippen LogP contribution in [0.15, 0.2) is 0 Å². The van der Waals surface area contributed by atoms with E-state index >= 15 is 0 Å². The first-order valence-corrected chi connectivity index (χ1v) is 8.13. The largest absolute Gasteiger partial charge is 0.353 e. The average molecular weight is 266 g/mol. The molecule has 2 saturated carbocycles. The van der Waals surface area contributed by atoms with Gasteiger partial charge in [-0.25, -0.2) is 0 Å². The molecule has 1 amide bonds. The summed E-state index contributed by atoms with van der Waals surface area (Å²) in [6, 6.07) is 0.354. The molecular weight excluding hydrogens is 236 g/mol. The first kappa shape index (κ1) is 14.8. The molecule has 110 valence electrons. The Morgan fingerprint density at radius 3 is 2.37 bits per heavy atom. The number of hydrogen-bond acceptors (Lipinski definition) is 2. The van der Waals surface area contributed by atoms with Crippen LogP contribution in [-0.2, 0) is 4.79 Å². The molecule has 2 N–H and O–H groups in total. The zero-order valence-corrected chi connectivity index (χ0v) is 12.6. The van der Waals surface area contributed by atoms with Crippen LogP contribution in [-0.4, -0.2) is 24.5 Å². The lowest BCUT2D eigenvalue weighted by Crippen LogP contribution is -2.49. The maximum Gasteiger partial charge on any atom is 0.222 e. The van der Waals surface area contributed by atoms with Gasteiger partial charge in [-0.05, 0) is 45.6 Å². The van der Waals surface area contributed by atoms with E-state index in [0.717, 1.165) is 12.8 Å². The molecule has 0 aromatic heterocycles. The van der Waals surface area contributed by atoms with Gasteiger partial charge in [-0.3, -0.25) is 4.79 Å². The normalized spacial score (nSPS) is 25.2. The monoisotopic (exact) mass is 266 g/mol. The van der Waals surface area contributed by atoms with Crippen LogP contribution in [0.25, 0.3) is 0 Å². The number of nitrogens with one attached hydrogen (secondary N) is 2. The number of carbonyl (C=O) groups is 1. The van der Waals surface area contributed by atoms with Crippen LogP contribution in [0.2, 0.25) is 0 Å². The molecule has 3 heteroatoms. The standard InChI is InChI=1S/C16H30N2O/c1-13(14-8-4-5-9-14)18-15(19)12-16(17-2)10-6-3-7-11-16/h13-14,17H,3-12H2,1-2H3,(H,18,19)/t13-/m0/s1. The maximum absolute atomic E-state index is 12.3. The smallest absolute Gasteiger partial charge is 0.222 e. The van der Waals surface area contributed by atoms with Crippen LogP contribution in [0.5, 0.6) is 0 Å². The van der Waals surface area contributed by atoms with Gasteiger partial charge in [-0.15, -0.1) is 0 Å². The molecule has 2 rings (SSSR count). The van der Waals surface area contributed by atoms with E-state index in [4.69, 9.17) is 0 Å². The molecule has 2 aliphatic rings. The maximum atomic E-state index is 12.3. The van der Waals surface area contributed by atoms with E-state index in [1.807, 2.05) is 7.05 Å². The van der Waals surface area contributed by atoms with Gasteiger partial charge in [0.1, 0.15) is 0 Å². The molecule has 0 aliphatic heterocycles. The van der Waals surface area contributed by atoms with Crippen LogP contribution in [0.4, 0.5) is 0 Å². The summed E-state index contributed by atoms with van der Waals surface area (Å²) in [6.45, 7) is 2.18. The van der Waals surface area contributed by atoms with Gasteiger partial charge in [0.2, 0.25) is 5.91 Å². The highest BCUT2D eigenvalue weighted by Gasteiger charge is 2.33. The minimum atomic E-state index is 0.0672. The van der Waals surface area contributed by atoms with Crippen molar-refractivity contribution in [3.63, 3.8) is 0 Å². The van der Waals surface area contributed by atoms with E-state index in [0.29, 0.717) is 18.4 Å². The molecule has 0 bridgehead atoms. The molecule has 2 fully saturated rings. The summed E-state index contributed by atoms with van der Waals surface area (Å²) in [5.41, 5.74) is 0.0672. The first-order chi connectivity index (χ1) is 9.15. The van der Waals surface area contributed by atoms with Crippen LogP contribution < -0.4 is 10.6 Å². The fraction of sp³-hybridized carbons (Fsp3) is 0.938. The Hall–Kier alpha value is -0.570. The summed E-state index contributed by atoms with van der Waals surface area (Å²) >= 11 is 0. The Balaban J connectivity index is 1.81. The summed E-state index contributed by atoms with van der Waals surface area (Å²) in [5, 5.41) is 6.68. The predicted octanol–water partition coefficient (Wildman–Crippen LogP) is 2.99. The van der Waals surface area contributed by atoms with Gasteiger partial charge < -0.3 is 10.6 Å². The minimum absolute atomic E-state index is 0.0672. The van der Waals surface area contributed by atoms with E-state index in [-0.39, 0.29) is 11.4 Å². The Kier molecular flexibility index (Phi) is 5.26. The third kappa shape index (κ3) is 3.95. The van der Waals surface area contributed by atoms with Gasteiger partial charge in [0.15, 0.2) is 0 Å². The predicted molar refractivity (Wildman–Crippen MR) is 79.1 cm³/mol. The van der Waals surface area contributed by atoms with Crippen molar-refractivity contribution in [1.29, 1.82) is 0 Å². The van der Waals surface area contributed by atoms with Crippen molar-refractivity contribution in [3.8, 4) is 0 Å². The van der Waals surface area contributed by atoms with Crippen molar-refractivity contribution in [2.24, 2.45) is 5.92 Å². The van der Waals surface area contributed by atoms with Crippen molar-refractivity contribution in [2.45, 2.75) is 82.7 Å². The number of hydrogen-bond donors (Lipinski definition) is 2. The lowest BCUT2D eigenvalue weighted by molar-refractivity contribution is -0.123. The summed E-state index contributed by atoms with van der Waals surface area (Å²) in [7, 11) is 2.01.